The molecule has 1 unspecified atom stereocenters. The van der Waals surface area contributed by atoms with E-state index in [0.29, 0.717) is 0 Å². The van der Waals surface area contributed by atoms with Crippen molar-refractivity contribution in [3.05, 3.63) is 60.7 Å². The zero-order valence-corrected chi connectivity index (χ0v) is 26.9. The third kappa shape index (κ3) is 5.55. The summed E-state index contributed by atoms with van der Waals surface area (Å²) in [7, 11) is -13.6. The first-order valence-corrected chi connectivity index (χ1v) is 17.4. The zero-order valence-electron chi connectivity index (χ0n) is 24.4. The minimum Gasteiger partial charge on any atom is -0.467 e. The highest BCUT2D eigenvalue weighted by Crippen LogP contribution is 2.57. The standard InChI is InChI=1S/C26H31N2O13PS2/c1-6-39-42(40-7-2,41-8-3)21(22(29)37-4)26(24(31)38-5)23(30)27(43(33,34)19-15-11-9-12-16-19)25(32)28(26)44(35,36)20-17-13-10-14-18-20/h9-18H,6-8H2,1-5H3. The normalized spacial score (nSPS) is 17.5. The van der Waals surface area contributed by atoms with Gasteiger partial charge in [-0.25, -0.2) is 31.2 Å². The SMILES string of the molecule is CCOP(OCC)(OCC)=C(C(=O)OC)C1(C(=O)OC)C(=O)N(S(=O)(=O)c2ccccc2)C(=O)N1S(=O)(=O)c1ccccc1. The van der Waals surface area contributed by atoms with Gasteiger partial charge in [0.1, 0.15) is 0 Å². The molecule has 2 aromatic carbocycles. The highest BCUT2D eigenvalue weighted by atomic mass is 32.2. The number of benzene rings is 2. The number of hydrogen-bond donors (Lipinski definition) is 0. The molecule has 3 amide bonds. The summed E-state index contributed by atoms with van der Waals surface area (Å²) >= 11 is 0. The fourth-order valence-corrected chi connectivity index (χ4v) is 10.1. The minimum absolute atomic E-state index is 0.287. The molecule has 0 radical (unpaired) electrons. The quantitative estimate of drug-likeness (QED) is 0.130. The van der Waals surface area contributed by atoms with Gasteiger partial charge in [0.05, 0.1) is 43.8 Å². The van der Waals surface area contributed by atoms with E-state index in [1.165, 1.54) is 57.2 Å². The van der Waals surface area contributed by atoms with E-state index >= 15 is 0 Å². The minimum atomic E-state index is -5.37. The Morgan fingerprint density at radius 3 is 1.55 bits per heavy atom. The van der Waals surface area contributed by atoms with Crippen LogP contribution in [0.1, 0.15) is 20.8 Å². The van der Waals surface area contributed by atoms with Crippen LogP contribution in [0.4, 0.5) is 4.79 Å². The van der Waals surface area contributed by atoms with Crippen molar-refractivity contribution in [2.24, 2.45) is 0 Å². The van der Waals surface area contributed by atoms with Crippen LogP contribution in [0.15, 0.2) is 70.5 Å². The molecule has 0 saturated carbocycles. The lowest BCUT2D eigenvalue weighted by Gasteiger charge is -2.36. The molecule has 1 aliphatic heterocycles. The number of ether oxygens (including phenoxy) is 2. The van der Waals surface area contributed by atoms with Crippen LogP contribution in [0.25, 0.3) is 0 Å². The van der Waals surface area contributed by atoms with Crippen LogP contribution in [0, 0.1) is 0 Å². The second-order valence-corrected chi connectivity index (χ2v) is 14.3. The van der Waals surface area contributed by atoms with Crippen molar-refractivity contribution in [2.75, 3.05) is 34.0 Å². The lowest BCUT2D eigenvalue weighted by Crippen LogP contribution is -2.66. The highest BCUT2D eigenvalue weighted by Gasteiger charge is 2.75. The lowest BCUT2D eigenvalue weighted by molar-refractivity contribution is -0.152. The average molecular weight is 675 g/mol. The molecular formula is C26H31N2O13PS2. The van der Waals surface area contributed by atoms with Gasteiger partial charge >= 0.3 is 18.0 Å². The Kier molecular flexibility index (Phi) is 10.8. The largest absolute Gasteiger partial charge is 0.467 e. The van der Waals surface area contributed by atoms with E-state index in [4.69, 9.17) is 23.0 Å². The van der Waals surface area contributed by atoms with Crippen LogP contribution >= 0.6 is 7.57 Å². The van der Waals surface area contributed by atoms with E-state index < -0.39 is 76.4 Å². The van der Waals surface area contributed by atoms with Crippen LogP contribution < -0.4 is 0 Å². The van der Waals surface area contributed by atoms with E-state index in [1.54, 1.807) is 0 Å². The number of amides is 3. The van der Waals surface area contributed by atoms with Crippen molar-refractivity contribution in [1.29, 1.82) is 0 Å². The molecule has 1 atom stereocenters. The Morgan fingerprint density at radius 2 is 1.16 bits per heavy atom. The molecule has 15 nitrogen and oxygen atoms in total. The van der Waals surface area contributed by atoms with Crippen LogP contribution in [0.2, 0.25) is 0 Å². The molecule has 44 heavy (non-hydrogen) atoms. The molecular weight excluding hydrogens is 643 g/mol. The fraction of sp³-hybridized carbons (Fsp3) is 0.346. The third-order valence-electron chi connectivity index (χ3n) is 6.08. The summed E-state index contributed by atoms with van der Waals surface area (Å²) in [5.41, 5.74) is -3.72. The van der Waals surface area contributed by atoms with Crippen molar-refractivity contribution < 1.29 is 59.1 Å². The number of sulfonamides is 2. The maximum atomic E-state index is 14.6. The Hall–Kier alpha value is -3.60. The topological polar surface area (TPSA) is 189 Å². The number of urea groups is 1. The number of hydrogen-bond acceptors (Lipinski definition) is 13. The summed E-state index contributed by atoms with van der Waals surface area (Å²) in [6.45, 7) is 3.47. The first-order chi connectivity index (χ1) is 20.8. The molecule has 18 heteroatoms. The molecule has 1 fully saturated rings. The highest BCUT2D eigenvalue weighted by molar-refractivity contribution is 7.91. The van der Waals surface area contributed by atoms with Crippen LogP contribution in [-0.4, -0.2) is 94.2 Å². The van der Waals surface area contributed by atoms with Gasteiger partial charge in [0, 0.05) is 0 Å². The second kappa shape index (κ2) is 13.6. The van der Waals surface area contributed by atoms with Crippen LogP contribution in [-0.2, 0) is 57.5 Å². The number of nitrogens with zero attached hydrogens (tertiary/aromatic N) is 2. The summed E-state index contributed by atoms with van der Waals surface area (Å²) in [5, 5.41) is -1.23. The van der Waals surface area contributed by atoms with Crippen molar-refractivity contribution in [3.63, 3.8) is 0 Å². The Balaban J connectivity index is 2.71. The van der Waals surface area contributed by atoms with Crippen molar-refractivity contribution in [1.82, 2.24) is 8.61 Å². The molecule has 3 rings (SSSR count). The maximum absolute atomic E-state index is 14.6. The van der Waals surface area contributed by atoms with E-state index in [9.17, 15) is 36.0 Å². The van der Waals surface area contributed by atoms with Gasteiger partial charge in [-0.05, 0) is 45.0 Å². The van der Waals surface area contributed by atoms with Gasteiger partial charge in [-0.3, -0.25) is 4.79 Å². The molecule has 1 aliphatic rings. The van der Waals surface area contributed by atoms with Gasteiger partial charge in [0.15, 0.2) is 5.29 Å². The first kappa shape index (κ1) is 34.9. The van der Waals surface area contributed by atoms with Crippen molar-refractivity contribution in [3.8, 4) is 0 Å². The van der Waals surface area contributed by atoms with Gasteiger partial charge < -0.3 is 23.0 Å². The number of carbonyl (C=O) groups excluding carboxylic acids is 4. The summed E-state index contributed by atoms with van der Waals surface area (Å²) in [5.74, 6) is -5.42. The second-order valence-electron chi connectivity index (χ2n) is 8.55. The van der Waals surface area contributed by atoms with Crippen LogP contribution in [0.3, 0.4) is 0 Å². The van der Waals surface area contributed by atoms with Crippen molar-refractivity contribution in [2.45, 2.75) is 36.1 Å². The molecule has 0 aliphatic carbocycles. The van der Waals surface area contributed by atoms with Gasteiger partial charge in [0.2, 0.25) is 0 Å². The third-order valence-corrected chi connectivity index (χ3v) is 12.4. The number of rotatable bonds is 13. The molecule has 0 aromatic heterocycles. The maximum Gasteiger partial charge on any atom is 0.357 e. The molecule has 0 bridgehead atoms. The fourth-order valence-electron chi connectivity index (χ4n) is 4.42. The van der Waals surface area contributed by atoms with Crippen molar-refractivity contribution >= 4 is 56.8 Å². The Bertz CT molecular complexity index is 1670. The number of esters is 2. The summed E-state index contributed by atoms with van der Waals surface area (Å²) < 4.78 is 82.6. The van der Waals surface area contributed by atoms with E-state index in [1.807, 2.05) is 0 Å². The van der Waals surface area contributed by atoms with Gasteiger partial charge in [-0.2, -0.15) is 4.31 Å². The smallest absolute Gasteiger partial charge is 0.357 e. The van der Waals surface area contributed by atoms with Gasteiger partial charge in [-0.1, -0.05) is 36.4 Å². The molecule has 240 valence electrons. The molecule has 1 saturated heterocycles. The predicted octanol–water partition coefficient (Wildman–Crippen LogP) is 2.16. The van der Waals surface area contributed by atoms with Gasteiger partial charge in [-0.15, -0.1) is 4.31 Å². The number of methoxy groups -OCH3 is 2. The zero-order chi connectivity index (χ0) is 32.9. The van der Waals surface area contributed by atoms with E-state index in [-0.39, 0.29) is 24.1 Å². The van der Waals surface area contributed by atoms with E-state index in [2.05, 4.69) is 0 Å². The number of carbonyl (C=O) groups is 4. The Labute approximate surface area is 254 Å². The average Bonchev–Trinajstić information content (AvgIpc) is 3.25. The molecule has 0 N–H and O–H groups in total. The lowest BCUT2D eigenvalue weighted by atomic mass is 9.95. The van der Waals surface area contributed by atoms with Crippen LogP contribution in [0.5, 0.6) is 0 Å². The Morgan fingerprint density at radius 1 is 0.727 bits per heavy atom. The summed E-state index contributed by atoms with van der Waals surface area (Å²) in [6.07, 6.45) is 0. The summed E-state index contributed by atoms with van der Waals surface area (Å²) in [6, 6.07) is 10.1. The molecule has 2 aromatic rings. The monoisotopic (exact) mass is 674 g/mol. The molecule has 0 spiro atoms. The van der Waals surface area contributed by atoms with E-state index in [0.717, 1.165) is 38.5 Å². The predicted molar refractivity (Wildman–Crippen MR) is 155 cm³/mol. The summed E-state index contributed by atoms with van der Waals surface area (Å²) in [4.78, 5) is 55.3. The first-order valence-electron chi connectivity index (χ1n) is 13.0. The number of imide groups is 1. The van der Waals surface area contributed by atoms with Gasteiger partial charge in [0.25, 0.3) is 39.1 Å². The molecule has 1 heterocycles.